The molecule has 1 amide bonds. The Morgan fingerprint density at radius 3 is 2.35 bits per heavy atom. The average Bonchev–Trinajstić information content (AvgIpc) is 2.42. The first-order chi connectivity index (χ1) is 9.54. The molecule has 1 N–H and O–H groups in total. The number of unbranched alkanes of at least 4 members (excludes halogenated alkanes) is 2. The van der Waals surface area contributed by atoms with E-state index in [2.05, 4.69) is 13.8 Å². The van der Waals surface area contributed by atoms with E-state index in [0.29, 0.717) is 18.9 Å². The van der Waals surface area contributed by atoms with E-state index < -0.39 is 5.97 Å². The second kappa shape index (κ2) is 8.35. The van der Waals surface area contributed by atoms with Crippen LogP contribution in [0.25, 0.3) is 0 Å². The molecule has 4 heteroatoms. The summed E-state index contributed by atoms with van der Waals surface area (Å²) in [6.45, 7) is 4.90. The number of anilines is 1. The monoisotopic (exact) mass is 277 g/mol. The zero-order chi connectivity index (χ0) is 15.0. The molecule has 0 unspecified atom stereocenters. The SMILES string of the molecule is CC(C)c1ccc(N(C=O)CCCCCC(=O)O)cc1. The number of benzene rings is 1. The van der Waals surface area contributed by atoms with Gasteiger partial charge in [-0.2, -0.15) is 0 Å². The zero-order valence-electron chi connectivity index (χ0n) is 12.2. The summed E-state index contributed by atoms with van der Waals surface area (Å²) in [5.41, 5.74) is 2.14. The number of rotatable bonds is 9. The Morgan fingerprint density at radius 1 is 1.20 bits per heavy atom. The van der Waals surface area contributed by atoms with Crippen molar-refractivity contribution in [2.24, 2.45) is 0 Å². The highest BCUT2D eigenvalue weighted by molar-refractivity contribution is 5.75. The molecule has 0 saturated heterocycles. The van der Waals surface area contributed by atoms with Crippen molar-refractivity contribution in [1.29, 1.82) is 0 Å². The molecule has 0 fully saturated rings. The van der Waals surface area contributed by atoms with E-state index in [4.69, 9.17) is 5.11 Å². The maximum Gasteiger partial charge on any atom is 0.303 e. The summed E-state index contributed by atoms with van der Waals surface area (Å²) < 4.78 is 0. The molecule has 1 aromatic carbocycles. The zero-order valence-corrected chi connectivity index (χ0v) is 12.2. The lowest BCUT2D eigenvalue weighted by molar-refractivity contribution is -0.137. The summed E-state index contributed by atoms with van der Waals surface area (Å²) in [5.74, 6) is -0.286. The Morgan fingerprint density at radius 2 is 1.85 bits per heavy atom. The topological polar surface area (TPSA) is 57.6 Å². The summed E-state index contributed by atoms with van der Waals surface area (Å²) in [6.07, 6.45) is 3.33. The lowest BCUT2D eigenvalue weighted by atomic mass is 10.0. The number of carbonyl (C=O) groups is 2. The van der Waals surface area contributed by atoms with Crippen molar-refractivity contribution >= 4 is 18.1 Å². The number of carboxylic acids is 1. The van der Waals surface area contributed by atoms with Gasteiger partial charge >= 0.3 is 5.97 Å². The highest BCUT2D eigenvalue weighted by Crippen LogP contribution is 2.19. The fourth-order valence-electron chi connectivity index (χ4n) is 2.03. The van der Waals surface area contributed by atoms with E-state index in [1.807, 2.05) is 24.3 Å². The maximum atomic E-state index is 11.1. The molecular weight excluding hydrogens is 254 g/mol. The molecule has 110 valence electrons. The minimum Gasteiger partial charge on any atom is -0.481 e. The van der Waals surface area contributed by atoms with Crippen LogP contribution in [0.1, 0.15) is 51.0 Å². The molecule has 0 spiro atoms. The van der Waals surface area contributed by atoms with Crippen molar-refractivity contribution in [2.45, 2.75) is 45.4 Å². The largest absolute Gasteiger partial charge is 0.481 e. The van der Waals surface area contributed by atoms with Crippen molar-refractivity contribution in [3.63, 3.8) is 0 Å². The van der Waals surface area contributed by atoms with Gasteiger partial charge in [0, 0.05) is 18.7 Å². The van der Waals surface area contributed by atoms with Gasteiger partial charge in [0.05, 0.1) is 0 Å². The van der Waals surface area contributed by atoms with Crippen molar-refractivity contribution in [1.82, 2.24) is 0 Å². The van der Waals surface area contributed by atoms with Crippen molar-refractivity contribution in [3.05, 3.63) is 29.8 Å². The molecule has 0 heterocycles. The van der Waals surface area contributed by atoms with Crippen LogP contribution < -0.4 is 4.90 Å². The molecule has 0 aliphatic carbocycles. The number of hydrogen-bond donors (Lipinski definition) is 1. The third-order valence-corrected chi connectivity index (χ3v) is 3.31. The molecular formula is C16H23NO3. The predicted molar refractivity (Wildman–Crippen MR) is 80.0 cm³/mol. The van der Waals surface area contributed by atoms with E-state index in [1.54, 1.807) is 4.90 Å². The molecule has 1 rings (SSSR count). The van der Waals surface area contributed by atoms with Crippen LogP contribution in [0.3, 0.4) is 0 Å². The van der Waals surface area contributed by atoms with Gasteiger partial charge in [-0.3, -0.25) is 9.59 Å². The molecule has 20 heavy (non-hydrogen) atoms. The second-order valence-corrected chi connectivity index (χ2v) is 5.25. The Hall–Kier alpha value is -1.84. The molecule has 0 saturated carbocycles. The van der Waals surface area contributed by atoms with E-state index in [-0.39, 0.29) is 6.42 Å². The smallest absolute Gasteiger partial charge is 0.303 e. The standard InChI is InChI=1S/C16H23NO3/c1-13(2)14-7-9-15(10-8-14)17(12-18)11-5-3-4-6-16(19)20/h7-10,12-13H,3-6,11H2,1-2H3,(H,19,20). The minimum absolute atomic E-state index is 0.199. The van der Waals surface area contributed by atoms with Gasteiger partial charge in [0.25, 0.3) is 0 Å². The van der Waals surface area contributed by atoms with E-state index in [0.717, 1.165) is 24.9 Å². The van der Waals surface area contributed by atoms with Crippen LogP contribution in [0.2, 0.25) is 0 Å². The van der Waals surface area contributed by atoms with Gasteiger partial charge in [-0.25, -0.2) is 0 Å². The number of aliphatic carboxylic acids is 1. The Bertz CT molecular complexity index is 426. The first-order valence-corrected chi connectivity index (χ1v) is 7.08. The fourth-order valence-corrected chi connectivity index (χ4v) is 2.03. The van der Waals surface area contributed by atoms with Crippen LogP contribution in [0, 0.1) is 0 Å². The van der Waals surface area contributed by atoms with Gasteiger partial charge in [-0.1, -0.05) is 32.4 Å². The highest BCUT2D eigenvalue weighted by atomic mass is 16.4. The lowest BCUT2D eigenvalue weighted by Crippen LogP contribution is -2.22. The molecule has 0 aliphatic rings. The summed E-state index contributed by atoms with van der Waals surface area (Å²) in [6, 6.07) is 8.00. The number of amides is 1. The molecule has 0 aliphatic heterocycles. The minimum atomic E-state index is -0.762. The third kappa shape index (κ3) is 5.43. The molecule has 4 nitrogen and oxygen atoms in total. The summed E-state index contributed by atoms with van der Waals surface area (Å²) >= 11 is 0. The van der Waals surface area contributed by atoms with Crippen LogP contribution in [-0.2, 0) is 9.59 Å². The third-order valence-electron chi connectivity index (χ3n) is 3.31. The maximum absolute atomic E-state index is 11.1. The Kier molecular flexibility index (Phi) is 6.77. The molecule has 0 bridgehead atoms. The molecule has 0 atom stereocenters. The van der Waals surface area contributed by atoms with E-state index in [9.17, 15) is 9.59 Å². The van der Waals surface area contributed by atoms with Crippen LogP contribution in [-0.4, -0.2) is 24.0 Å². The summed E-state index contributed by atoms with van der Waals surface area (Å²) in [7, 11) is 0. The van der Waals surface area contributed by atoms with Gasteiger partial charge in [0.1, 0.15) is 0 Å². The molecule has 0 aromatic heterocycles. The van der Waals surface area contributed by atoms with Gasteiger partial charge in [0.15, 0.2) is 0 Å². The van der Waals surface area contributed by atoms with Crippen molar-refractivity contribution < 1.29 is 14.7 Å². The summed E-state index contributed by atoms with van der Waals surface area (Å²) in [5, 5.41) is 8.55. The lowest BCUT2D eigenvalue weighted by Gasteiger charge is -2.18. The number of nitrogens with zero attached hydrogens (tertiary/aromatic N) is 1. The first-order valence-electron chi connectivity index (χ1n) is 7.08. The predicted octanol–water partition coefficient (Wildman–Crippen LogP) is 3.42. The van der Waals surface area contributed by atoms with Crippen LogP contribution in [0.5, 0.6) is 0 Å². The van der Waals surface area contributed by atoms with E-state index >= 15 is 0 Å². The highest BCUT2D eigenvalue weighted by Gasteiger charge is 2.06. The number of carbonyl (C=O) groups excluding carboxylic acids is 1. The van der Waals surface area contributed by atoms with Gasteiger partial charge in [0.2, 0.25) is 6.41 Å². The van der Waals surface area contributed by atoms with Gasteiger partial charge in [-0.15, -0.1) is 0 Å². The first kappa shape index (κ1) is 16.2. The van der Waals surface area contributed by atoms with Crippen LogP contribution >= 0.6 is 0 Å². The fraction of sp³-hybridized carbons (Fsp3) is 0.500. The Labute approximate surface area is 120 Å². The van der Waals surface area contributed by atoms with E-state index in [1.165, 1.54) is 5.56 Å². The normalized spacial score (nSPS) is 10.6. The van der Waals surface area contributed by atoms with Crippen molar-refractivity contribution in [2.75, 3.05) is 11.4 Å². The Balaban J connectivity index is 2.45. The van der Waals surface area contributed by atoms with Crippen LogP contribution in [0.15, 0.2) is 24.3 Å². The average molecular weight is 277 g/mol. The van der Waals surface area contributed by atoms with Crippen molar-refractivity contribution in [3.8, 4) is 0 Å². The second-order valence-electron chi connectivity index (χ2n) is 5.25. The summed E-state index contributed by atoms with van der Waals surface area (Å²) in [4.78, 5) is 23.2. The van der Waals surface area contributed by atoms with Gasteiger partial charge < -0.3 is 10.0 Å². The number of carboxylic acid groups (broad SMARTS) is 1. The van der Waals surface area contributed by atoms with Gasteiger partial charge in [-0.05, 0) is 36.5 Å². The van der Waals surface area contributed by atoms with Crippen LogP contribution in [0.4, 0.5) is 5.69 Å². The number of hydrogen-bond acceptors (Lipinski definition) is 2. The quantitative estimate of drug-likeness (QED) is 0.556. The molecule has 1 aromatic rings. The molecule has 0 radical (unpaired) electrons.